The summed E-state index contributed by atoms with van der Waals surface area (Å²) >= 11 is 5.49. The minimum Gasteiger partial charge on any atom is -0.501 e. The number of allylic oxidation sites excluding steroid dienone is 3. The molecule has 1 aliphatic rings. The minimum atomic E-state index is -4.18. The van der Waals surface area contributed by atoms with Crippen molar-refractivity contribution in [2.45, 2.75) is 25.9 Å². The molecule has 0 atom stereocenters. The molecule has 32 heavy (non-hydrogen) atoms. The van der Waals surface area contributed by atoms with Crippen molar-refractivity contribution in [3.8, 4) is 0 Å². The van der Waals surface area contributed by atoms with Gasteiger partial charge in [0, 0.05) is 24.8 Å². The van der Waals surface area contributed by atoms with Crippen LogP contribution in [0.4, 0.5) is 13.2 Å². The van der Waals surface area contributed by atoms with E-state index in [0.29, 0.717) is 33.2 Å². The van der Waals surface area contributed by atoms with E-state index in [0.717, 1.165) is 5.56 Å². The number of benzene rings is 1. The average Bonchev–Trinajstić information content (AvgIpc) is 3.29. The lowest BCUT2D eigenvalue weighted by molar-refractivity contribution is -0.183. The van der Waals surface area contributed by atoms with Gasteiger partial charge >= 0.3 is 6.18 Å². The van der Waals surface area contributed by atoms with Crippen molar-refractivity contribution in [1.29, 1.82) is 0 Å². The van der Waals surface area contributed by atoms with Crippen molar-refractivity contribution in [2.24, 2.45) is 5.92 Å². The van der Waals surface area contributed by atoms with Crippen molar-refractivity contribution in [2.75, 3.05) is 20.2 Å². The van der Waals surface area contributed by atoms with Gasteiger partial charge < -0.3 is 14.6 Å². The highest BCUT2D eigenvalue weighted by Crippen LogP contribution is 2.34. The molecule has 0 amide bonds. The Morgan fingerprint density at radius 2 is 1.81 bits per heavy atom. The molecule has 1 N–H and O–H groups in total. The Morgan fingerprint density at radius 3 is 2.38 bits per heavy atom. The lowest BCUT2D eigenvalue weighted by Crippen LogP contribution is -2.41. The number of aromatic nitrogens is 1. The fraction of sp³-hybridized carbons (Fsp3) is 0.333. The summed E-state index contributed by atoms with van der Waals surface area (Å²) in [6.45, 7) is 6.24. The molecule has 1 fully saturated rings. The van der Waals surface area contributed by atoms with E-state index < -0.39 is 12.1 Å². The first-order valence-corrected chi connectivity index (χ1v) is 10.6. The summed E-state index contributed by atoms with van der Waals surface area (Å²) in [4.78, 5) is 18.5. The number of hydrogen-bond acceptors (Lipinski definition) is 3. The Morgan fingerprint density at radius 1 is 1.19 bits per heavy atom. The van der Waals surface area contributed by atoms with E-state index >= 15 is 0 Å². The van der Waals surface area contributed by atoms with Crippen LogP contribution in [0.15, 0.2) is 60.5 Å². The largest absolute Gasteiger partial charge is 0.501 e. The summed E-state index contributed by atoms with van der Waals surface area (Å²) < 4.78 is 44.1. The van der Waals surface area contributed by atoms with Crippen LogP contribution in [0.1, 0.15) is 41.4 Å². The number of nitrogens with zero attached hydrogens (tertiary/aromatic N) is 1. The molecule has 0 bridgehead atoms. The molecule has 170 valence electrons. The average molecular weight is 463 g/mol. The maximum Gasteiger partial charge on any atom is 0.391 e. The zero-order chi connectivity index (χ0) is 23.5. The predicted octanol–water partition coefficient (Wildman–Crippen LogP) is 5.78. The van der Waals surface area contributed by atoms with Crippen molar-refractivity contribution in [3.63, 3.8) is 0 Å². The number of aromatic amines is 1. The summed E-state index contributed by atoms with van der Waals surface area (Å²) in [5.41, 5.74) is 2.58. The Labute approximate surface area is 190 Å². The zero-order valence-corrected chi connectivity index (χ0v) is 18.8. The van der Waals surface area contributed by atoms with Crippen molar-refractivity contribution in [1.82, 2.24) is 9.88 Å². The lowest BCUT2D eigenvalue weighted by Gasteiger charge is -2.34. The quantitative estimate of drug-likeness (QED) is 0.194. The highest BCUT2D eigenvalue weighted by atomic mass is 32.1. The van der Waals surface area contributed by atoms with Crippen LogP contribution in [0.3, 0.4) is 0 Å². The molecule has 2 heterocycles. The zero-order valence-electron chi connectivity index (χ0n) is 18.0. The molecule has 0 unspecified atom stereocenters. The first-order chi connectivity index (χ1) is 15.1. The second-order valence-electron chi connectivity index (χ2n) is 7.72. The summed E-state index contributed by atoms with van der Waals surface area (Å²) in [6, 6.07) is 10.9. The maximum absolute atomic E-state index is 13.3. The molecule has 3 rings (SSSR count). The molecule has 2 aromatic rings. The molecule has 0 radical (unpaired) electrons. The molecular formula is C24H25F3N2O2S. The smallest absolute Gasteiger partial charge is 0.391 e. The number of rotatable bonds is 6. The van der Waals surface area contributed by atoms with Gasteiger partial charge in [-0.1, -0.05) is 49.1 Å². The third-order valence-corrected chi connectivity index (χ3v) is 6.21. The summed E-state index contributed by atoms with van der Waals surface area (Å²) in [6.07, 6.45) is -2.61. The van der Waals surface area contributed by atoms with E-state index in [4.69, 9.17) is 17.0 Å². The highest BCUT2D eigenvalue weighted by Gasteiger charge is 2.41. The van der Waals surface area contributed by atoms with Crippen LogP contribution < -0.4 is 0 Å². The van der Waals surface area contributed by atoms with Gasteiger partial charge in [-0.05, 0) is 37.0 Å². The van der Waals surface area contributed by atoms with Crippen molar-refractivity contribution in [3.05, 3.63) is 77.3 Å². The number of piperidine rings is 1. The summed E-state index contributed by atoms with van der Waals surface area (Å²) in [7, 11) is 1.49. The number of ether oxygens (including phenoxy) is 1. The lowest BCUT2D eigenvalue weighted by atomic mass is 9.93. The fourth-order valence-corrected chi connectivity index (χ4v) is 4.07. The Hall–Kier alpha value is -2.87. The van der Waals surface area contributed by atoms with Crippen molar-refractivity contribution >= 4 is 28.6 Å². The highest BCUT2D eigenvalue weighted by molar-refractivity contribution is 7.80. The molecular weight excluding hydrogens is 437 g/mol. The number of alkyl halides is 3. The number of nitrogens with one attached hydrogen (secondary N) is 1. The van der Waals surface area contributed by atoms with Crippen LogP contribution in [0.5, 0.6) is 0 Å². The van der Waals surface area contributed by atoms with Gasteiger partial charge in [0.25, 0.3) is 0 Å². The summed E-state index contributed by atoms with van der Waals surface area (Å²) in [5.74, 6) is -1.14. The number of likely N-dealkylation sites (tertiary alicyclic amines) is 1. The standard InChI is InChI=1S/C24H25F3N2O2S/c1-15(17-7-5-4-6-8-17)21(16(2)31-3)22(30)18-13-20(28-14-18)23(32)29-11-9-19(10-12-29)24(25,26)27/h4-8,13-14,19,28H,1,9-12H2,2-3H3/b21-16+. The van der Waals surface area contributed by atoms with Gasteiger partial charge in [-0.3, -0.25) is 4.79 Å². The number of methoxy groups -OCH3 is 1. The topological polar surface area (TPSA) is 45.3 Å². The van der Waals surface area contributed by atoms with Crippen LogP contribution in [0, 0.1) is 5.92 Å². The second kappa shape index (κ2) is 9.73. The predicted molar refractivity (Wildman–Crippen MR) is 122 cm³/mol. The van der Waals surface area contributed by atoms with E-state index in [1.165, 1.54) is 7.11 Å². The molecule has 0 saturated carbocycles. The van der Waals surface area contributed by atoms with Crippen LogP contribution in [-0.2, 0) is 4.74 Å². The number of H-pyrrole nitrogens is 1. The van der Waals surface area contributed by atoms with Gasteiger partial charge in [-0.2, -0.15) is 13.2 Å². The number of thiocarbonyl (C=S) groups is 1. The Balaban J connectivity index is 1.78. The van der Waals surface area contributed by atoms with Crippen LogP contribution >= 0.6 is 12.2 Å². The van der Waals surface area contributed by atoms with E-state index in [1.54, 1.807) is 24.1 Å². The minimum absolute atomic E-state index is 0.00690. The normalized spacial score (nSPS) is 15.8. The first-order valence-electron chi connectivity index (χ1n) is 10.2. The number of carbonyl (C=O) groups is 1. The first kappa shape index (κ1) is 23.8. The number of ketones is 1. The molecule has 8 heteroatoms. The third kappa shape index (κ3) is 5.12. The number of hydrogen-bond donors (Lipinski definition) is 1. The molecule has 1 saturated heterocycles. The molecule has 0 aliphatic carbocycles. The Kier molecular flexibility index (Phi) is 7.23. The molecule has 1 aliphatic heterocycles. The van der Waals surface area contributed by atoms with Gasteiger partial charge in [-0.15, -0.1) is 0 Å². The SMILES string of the molecule is C=C(/C(C(=O)c1c[nH]c(C(=S)N2CCC(C(F)(F)F)CC2)c1)=C(/C)OC)c1ccccc1. The molecule has 4 nitrogen and oxygen atoms in total. The second-order valence-corrected chi connectivity index (χ2v) is 8.11. The summed E-state index contributed by atoms with van der Waals surface area (Å²) in [5, 5.41) is 0. The van der Waals surface area contributed by atoms with E-state index in [-0.39, 0.29) is 31.7 Å². The third-order valence-electron chi connectivity index (χ3n) is 5.73. The van der Waals surface area contributed by atoms with E-state index in [1.807, 2.05) is 30.3 Å². The van der Waals surface area contributed by atoms with E-state index in [9.17, 15) is 18.0 Å². The number of halogens is 3. The number of Topliss-reactive ketones (excluding diaryl/α,β-unsaturated/α-hetero) is 1. The van der Waals surface area contributed by atoms with Crippen LogP contribution in [0.2, 0.25) is 0 Å². The van der Waals surface area contributed by atoms with Crippen molar-refractivity contribution < 1.29 is 22.7 Å². The number of carbonyl (C=O) groups excluding carboxylic acids is 1. The Bertz CT molecular complexity index is 1030. The van der Waals surface area contributed by atoms with Crippen LogP contribution in [-0.4, -0.2) is 47.0 Å². The van der Waals surface area contributed by atoms with Gasteiger partial charge in [-0.25, -0.2) is 0 Å². The van der Waals surface area contributed by atoms with Gasteiger partial charge in [0.2, 0.25) is 0 Å². The molecule has 1 aromatic carbocycles. The fourth-order valence-electron chi connectivity index (χ4n) is 3.77. The van der Waals surface area contributed by atoms with E-state index in [2.05, 4.69) is 11.6 Å². The maximum atomic E-state index is 13.3. The van der Waals surface area contributed by atoms with Gasteiger partial charge in [0.05, 0.1) is 24.3 Å². The molecule has 1 aromatic heterocycles. The van der Waals surface area contributed by atoms with Gasteiger partial charge in [0.1, 0.15) is 10.7 Å². The molecule has 0 spiro atoms. The monoisotopic (exact) mass is 462 g/mol. The van der Waals surface area contributed by atoms with Crippen LogP contribution in [0.25, 0.3) is 5.57 Å². The van der Waals surface area contributed by atoms with Gasteiger partial charge in [0.15, 0.2) is 5.78 Å².